The molecule has 1 amide bonds. The predicted octanol–water partition coefficient (Wildman–Crippen LogP) is 4.76. The maximum Gasteiger partial charge on any atom is 0.253 e. The minimum absolute atomic E-state index is 0.0448. The van der Waals surface area contributed by atoms with Crippen molar-refractivity contribution in [3.05, 3.63) is 72.6 Å². The van der Waals surface area contributed by atoms with E-state index < -0.39 is 0 Å². The van der Waals surface area contributed by atoms with Crippen LogP contribution in [-0.4, -0.2) is 34.4 Å². The SMILES string of the molecule is CCCCN(C)C(=O)c1ccc(Nc2cc(-c3ccccc3)ncn2)cc1. The first-order valence-corrected chi connectivity index (χ1v) is 9.17. The van der Waals surface area contributed by atoms with Crippen molar-refractivity contribution in [1.29, 1.82) is 0 Å². The summed E-state index contributed by atoms with van der Waals surface area (Å²) in [6, 6.07) is 19.4. The van der Waals surface area contributed by atoms with Crippen LogP contribution >= 0.6 is 0 Å². The standard InChI is InChI=1S/C22H24N4O/c1-3-4-14-26(2)22(27)18-10-12-19(13-11-18)25-21-15-20(23-16-24-21)17-8-6-5-7-9-17/h5-13,15-16H,3-4,14H2,1-2H3,(H,23,24,25). The highest BCUT2D eigenvalue weighted by Gasteiger charge is 2.11. The topological polar surface area (TPSA) is 58.1 Å². The van der Waals surface area contributed by atoms with Crippen LogP contribution in [0.1, 0.15) is 30.1 Å². The van der Waals surface area contributed by atoms with Gasteiger partial charge >= 0.3 is 0 Å². The van der Waals surface area contributed by atoms with Crippen molar-refractivity contribution in [2.45, 2.75) is 19.8 Å². The molecule has 0 aliphatic heterocycles. The molecular formula is C22H24N4O. The normalized spacial score (nSPS) is 10.4. The zero-order valence-corrected chi connectivity index (χ0v) is 15.7. The third-order valence-corrected chi connectivity index (χ3v) is 4.33. The van der Waals surface area contributed by atoms with Crippen LogP contribution in [0.4, 0.5) is 11.5 Å². The Morgan fingerprint density at radius 2 is 1.78 bits per heavy atom. The molecule has 138 valence electrons. The number of unbranched alkanes of at least 4 members (excludes halogenated alkanes) is 1. The van der Waals surface area contributed by atoms with Gasteiger partial charge in [0, 0.05) is 36.5 Å². The summed E-state index contributed by atoms with van der Waals surface area (Å²) in [5.41, 5.74) is 3.46. The minimum Gasteiger partial charge on any atom is -0.342 e. The van der Waals surface area contributed by atoms with E-state index in [0.29, 0.717) is 11.4 Å². The van der Waals surface area contributed by atoms with Crippen LogP contribution in [0.15, 0.2) is 67.0 Å². The van der Waals surface area contributed by atoms with Crippen molar-refractivity contribution < 1.29 is 4.79 Å². The zero-order valence-electron chi connectivity index (χ0n) is 15.7. The fourth-order valence-corrected chi connectivity index (χ4v) is 2.75. The summed E-state index contributed by atoms with van der Waals surface area (Å²) in [5, 5.41) is 3.27. The highest BCUT2D eigenvalue weighted by molar-refractivity contribution is 5.94. The lowest BCUT2D eigenvalue weighted by Crippen LogP contribution is -2.27. The van der Waals surface area contributed by atoms with Crippen LogP contribution in [0.2, 0.25) is 0 Å². The molecular weight excluding hydrogens is 336 g/mol. The first-order valence-electron chi connectivity index (χ1n) is 9.17. The Hall–Kier alpha value is -3.21. The summed E-state index contributed by atoms with van der Waals surface area (Å²) >= 11 is 0. The van der Waals surface area contributed by atoms with Crippen molar-refractivity contribution >= 4 is 17.4 Å². The van der Waals surface area contributed by atoms with Crippen molar-refractivity contribution in [2.24, 2.45) is 0 Å². The second-order valence-electron chi connectivity index (χ2n) is 6.44. The van der Waals surface area contributed by atoms with Gasteiger partial charge in [0.25, 0.3) is 5.91 Å². The van der Waals surface area contributed by atoms with Crippen molar-refractivity contribution in [2.75, 3.05) is 18.9 Å². The number of nitrogens with zero attached hydrogens (tertiary/aromatic N) is 3. The smallest absolute Gasteiger partial charge is 0.253 e. The summed E-state index contributed by atoms with van der Waals surface area (Å²) in [6.45, 7) is 2.90. The van der Waals surface area contributed by atoms with E-state index in [1.807, 2.05) is 67.7 Å². The van der Waals surface area contributed by atoms with Gasteiger partial charge in [-0.1, -0.05) is 43.7 Å². The number of nitrogens with one attached hydrogen (secondary N) is 1. The van der Waals surface area contributed by atoms with Gasteiger partial charge in [0.15, 0.2) is 0 Å². The summed E-state index contributed by atoms with van der Waals surface area (Å²) in [6.07, 6.45) is 3.63. The molecule has 0 unspecified atom stereocenters. The zero-order chi connectivity index (χ0) is 19.1. The number of aromatic nitrogens is 2. The van der Waals surface area contributed by atoms with Gasteiger partial charge in [-0.15, -0.1) is 0 Å². The van der Waals surface area contributed by atoms with Gasteiger partial charge in [-0.05, 0) is 30.7 Å². The largest absolute Gasteiger partial charge is 0.342 e. The molecule has 0 fully saturated rings. The van der Waals surface area contributed by atoms with Crippen LogP contribution in [-0.2, 0) is 0 Å². The van der Waals surface area contributed by atoms with E-state index in [-0.39, 0.29) is 5.91 Å². The minimum atomic E-state index is 0.0448. The van der Waals surface area contributed by atoms with Crippen molar-refractivity contribution in [3.63, 3.8) is 0 Å². The molecule has 0 radical (unpaired) electrons. The van der Waals surface area contributed by atoms with Crippen molar-refractivity contribution in [3.8, 4) is 11.3 Å². The fourth-order valence-electron chi connectivity index (χ4n) is 2.75. The molecule has 5 heteroatoms. The summed E-state index contributed by atoms with van der Waals surface area (Å²) in [5.74, 6) is 0.756. The molecule has 3 aromatic rings. The van der Waals surface area contributed by atoms with E-state index in [0.717, 1.165) is 36.3 Å². The highest BCUT2D eigenvalue weighted by atomic mass is 16.2. The Labute approximate surface area is 160 Å². The van der Waals surface area contributed by atoms with Gasteiger partial charge in [-0.2, -0.15) is 0 Å². The van der Waals surface area contributed by atoms with Crippen LogP contribution in [0.5, 0.6) is 0 Å². The molecule has 0 atom stereocenters. The quantitative estimate of drug-likeness (QED) is 0.660. The number of hydrogen-bond acceptors (Lipinski definition) is 4. The highest BCUT2D eigenvalue weighted by Crippen LogP contribution is 2.21. The second kappa shape index (κ2) is 8.94. The summed E-state index contributed by atoms with van der Waals surface area (Å²) in [7, 11) is 1.84. The van der Waals surface area contributed by atoms with E-state index in [1.54, 1.807) is 11.2 Å². The Kier molecular flexibility index (Phi) is 6.15. The molecule has 27 heavy (non-hydrogen) atoms. The number of hydrogen-bond donors (Lipinski definition) is 1. The lowest BCUT2D eigenvalue weighted by Gasteiger charge is -2.17. The van der Waals surface area contributed by atoms with Crippen molar-refractivity contribution in [1.82, 2.24) is 14.9 Å². The van der Waals surface area contributed by atoms with Crippen LogP contribution in [0, 0.1) is 0 Å². The van der Waals surface area contributed by atoms with E-state index in [1.165, 1.54) is 0 Å². The van der Waals surface area contributed by atoms with E-state index in [9.17, 15) is 4.79 Å². The third kappa shape index (κ3) is 4.91. The molecule has 0 spiro atoms. The van der Waals surface area contributed by atoms with Crippen LogP contribution < -0.4 is 5.32 Å². The van der Waals surface area contributed by atoms with E-state index in [2.05, 4.69) is 22.2 Å². The molecule has 1 N–H and O–H groups in total. The van der Waals surface area contributed by atoms with Crippen LogP contribution in [0.3, 0.4) is 0 Å². The molecule has 1 aromatic heterocycles. The number of anilines is 2. The maximum atomic E-state index is 12.4. The molecule has 0 aliphatic carbocycles. The average Bonchev–Trinajstić information content (AvgIpc) is 2.73. The van der Waals surface area contributed by atoms with E-state index in [4.69, 9.17) is 0 Å². The van der Waals surface area contributed by atoms with Gasteiger partial charge in [0.1, 0.15) is 12.1 Å². The van der Waals surface area contributed by atoms with E-state index >= 15 is 0 Å². The Morgan fingerprint density at radius 1 is 1.04 bits per heavy atom. The molecule has 0 saturated heterocycles. The number of amides is 1. The number of carbonyl (C=O) groups is 1. The molecule has 0 saturated carbocycles. The molecule has 0 bridgehead atoms. The van der Waals surface area contributed by atoms with Gasteiger partial charge in [-0.3, -0.25) is 4.79 Å². The molecule has 0 aliphatic rings. The monoisotopic (exact) mass is 360 g/mol. The summed E-state index contributed by atoms with van der Waals surface area (Å²) in [4.78, 5) is 22.8. The van der Waals surface area contributed by atoms with Gasteiger partial charge < -0.3 is 10.2 Å². The first kappa shape index (κ1) is 18.6. The summed E-state index contributed by atoms with van der Waals surface area (Å²) < 4.78 is 0. The fraction of sp³-hybridized carbons (Fsp3) is 0.227. The predicted molar refractivity (Wildman–Crippen MR) is 109 cm³/mol. The Balaban J connectivity index is 1.69. The molecule has 2 aromatic carbocycles. The average molecular weight is 360 g/mol. The lowest BCUT2D eigenvalue weighted by atomic mass is 10.1. The third-order valence-electron chi connectivity index (χ3n) is 4.33. The maximum absolute atomic E-state index is 12.4. The number of benzene rings is 2. The number of rotatable bonds is 7. The Bertz CT molecular complexity index is 878. The molecule has 1 heterocycles. The van der Waals surface area contributed by atoms with Gasteiger partial charge in [0.05, 0.1) is 5.69 Å². The van der Waals surface area contributed by atoms with Crippen LogP contribution in [0.25, 0.3) is 11.3 Å². The molecule has 5 nitrogen and oxygen atoms in total. The first-order chi connectivity index (χ1) is 13.2. The van der Waals surface area contributed by atoms with Gasteiger partial charge in [-0.25, -0.2) is 9.97 Å². The van der Waals surface area contributed by atoms with Gasteiger partial charge in [0.2, 0.25) is 0 Å². The number of carbonyl (C=O) groups excluding carboxylic acids is 1. The Morgan fingerprint density at radius 3 is 2.48 bits per heavy atom. The lowest BCUT2D eigenvalue weighted by molar-refractivity contribution is 0.0793. The molecule has 3 rings (SSSR count). The second-order valence-corrected chi connectivity index (χ2v) is 6.44.